The monoisotopic (exact) mass is 352 g/mol. The van der Waals surface area contributed by atoms with E-state index in [0.29, 0.717) is 29.3 Å². The van der Waals surface area contributed by atoms with E-state index in [0.717, 1.165) is 17.8 Å². The van der Waals surface area contributed by atoms with Crippen molar-refractivity contribution in [2.24, 2.45) is 16.6 Å². The molecule has 0 aliphatic heterocycles. The van der Waals surface area contributed by atoms with E-state index in [9.17, 15) is 8.42 Å². The van der Waals surface area contributed by atoms with Crippen LogP contribution in [0, 0.1) is 5.92 Å². The molecule has 1 heterocycles. The number of halogens is 1. The lowest BCUT2D eigenvalue weighted by Crippen LogP contribution is -2.38. The first kappa shape index (κ1) is 18.2. The third kappa shape index (κ3) is 7.12. The van der Waals surface area contributed by atoms with Crippen LogP contribution < -0.4 is 15.8 Å². The summed E-state index contributed by atoms with van der Waals surface area (Å²) in [7, 11) is -3.50. The topological polar surface area (TPSA) is 96.6 Å². The first-order valence-corrected chi connectivity index (χ1v) is 9.28. The van der Waals surface area contributed by atoms with Crippen LogP contribution in [0.25, 0.3) is 0 Å². The fourth-order valence-corrected chi connectivity index (χ4v) is 3.95. The zero-order chi connectivity index (χ0) is 15.9. The van der Waals surface area contributed by atoms with Gasteiger partial charge in [-0.3, -0.25) is 4.99 Å². The predicted octanol–water partition coefficient (Wildman–Crippen LogP) is 1.63. The van der Waals surface area contributed by atoms with Crippen LogP contribution >= 0.6 is 22.9 Å². The van der Waals surface area contributed by atoms with Crippen LogP contribution in [0.2, 0.25) is 4.34 Å². The van der Waals surface area contributed by atoms with Gasteiger partial charge in [0.2, 0.25) is 10.0 Å². The Morgan fingerprint density at radius 3 is 2.71 bits per heavy atom. The highest BCUT2D eigenvalue weighted by Crippen LogP contribution is 2.24. The molecule has 0 saturated heterocycles. The Kier molecular flexibility index (Phi) is 7.44. The quantitative estimate of drug-likeness (QED) is 0.376. The molecule has 21 heavy (non-hydrogen) atoms. The summed E-state index contributed by atoms with van der Waals surface area (Å²) in [5.74, 6) is 0.903. The van der Waals surface area contributed by atoms with Crippen molar-refractivity contribution >= 4 is 38.9 Å². The van der Waals surface area contributed by atoms with Gasteiger partial charge in [-0.2, -0.15) is 0 Å². The van der Waals surface area contributed by atoms with Gasteiger partial charge >= 0.3 is 0 Å². The Morgan fingerprint density at radius 1 is 1.43 bits per heavy atom. The van der Waals surface area contributed by atoms with Crippen molar-refractivity contribution in [2.75, 3.05) is 19.6 Å². The molecule has 0 radical (unpaired) electrons. The fourth-order valence-electron chi connectivity index (χ4n) is 1.39. The molecule has 0 atom stereocenters. The number of hydrogen-bond donors (Lipinski definition) is 3. The van der Waals surface area contributed by atoms with Gasteiger partial charge in [0.15, 0.2) is 5.96 Å². The number of nitrogens with zero attached hydrogens (tertiary/aromatic N) is 1. The summed E-state index contributed by atoms with van der Waals surface area (Å²) >= 11 is 6.74. The number of rotatable bonds is 8. The van der Waals surface area contributed by atoms with Gasteiger partial charge in [0, 0.05) is 19.6 Å². The summed E-state index contributed by atoms with van der Waals surface area (Å²) in [6.07, 6.45) is 0.966. The summed E-state index contributed by atoms with van der Waals surface area (Å²) in [4.78, 5) is 4.15. The highest BCUT2D eigenvalue weighted by atomic mass is 35.5. The average Bonchev–Trinajstić information content (AvgIpc) is 2.82. The fraction of sp³-hybridized carbons (Fsp3) is 0.583. The molecule has 4 N–H and O–H groups in total. The molecule has 0 aromatic carbocycles. The van der Waals surface area contributed by atoms with Gasteiger partial charge in [-0.1, -0.05) is 25.4 Å². The highest BCUT2D eigenvalue weighted by Gasteiger charge is 2.15. The van der Waals surface area contributed by atoms with E-state index in [1.165, 1.54) is 6.07 Å². The molecule has 0 saturated carbocycles. The first-order valence-electron chi connectivity index (χ1n) is 6.60. The molecule has 0 fully saturated rings. The number of hydrogen-bond acceptors (Lipinski definition) is 4. The normalized spacial score (nSPS) is 12.9. The van der Waals surface area contributed by atoms with Crippen LogP contribution in [0.15, 0.2) is 21.3 Å². The van der Waals surface area contributed by atoms with E-state index in [4.69, 9.17) is 17.3 Å². The largest absolute Gasteiger partial charge is 0.370 e. The Hall–Kier alpha value is -0.830. The summed E-state index contributed by atoms with van der Waals surface area (Å²) in [5.41, 5.74) is 5.67. The van der Waals surface area contributed by atoms with Gasteiger partial charge in [0.25, 0.3) is 0 Å². The van der Waals surface area contributed by atoms with Crippen LogP contribution in [-0.2, 0) is 10.0 Å². The zero-order valence-electron chi connectivity index (χ0n) is 12.1. The number of aliphatic imine (C=N–C) groups is 1. The summed E-state index contributed by atoms with van der Waals surface area (Å²) in [6, 6.07) is 3.03. The minimum atomic E-state index is -3.50. The highest BCUT2D eigenvalue weighted by molar-refractivity contribution is 7.91. The first-order chi connectivity index (χ1) is 9.81. The Labute approximate surface area is 134 Å². The molecular weight excluding hydrogens is 332 g/mol. The third-order valence-corrected chi connectivity index (χ3v) is 5.71. The summed E-state index contributed by atoms with van der Waals surface area (Å²) in [5, 5.41) is 2.86. The van der Waals surface area contributed by atoms with E-state index >= 15 is 0 Å². The molecule has 9 heteroatoms. The number of guanidine groups is 1. The van der Waals surface area contributed by atoms with Crippen LogP contribution in [0.1, 0.15) is 20.3 Å². The Morgan fingerprint density at radius 2 is 2.14 bits per heavy atom. The minimum absolute atomic E-state index is 0.200. The SMILES string of the molecule is CC(C)CCN=C(N)NCCNS(=O)(=O)c1ccc(Cl)s1. The second kappa shape index (κ2) is 8.57. The second-order valence-electron chi connectivity index (χ2n) is 4.83. The molecule has 0 amide bonds. The molecule has 1 aromatic heterocycles. The van der Waals surface area contributed by atoms with Crippen molar-refractivity contribution in [3.8, 4) is 0 Å². The molecule has 1 aromatic rings. The van der Waals surface area contributed by atoms with Gasteiger partial charge in [0.05, 0.1) is 4.34 Å². The Bertz CT molecular complexity index is 570. The molecule has 0 spiro atoms. The van der Waals surface area contributed by atoms with Crippen molar-refractivity contribution in [2.45, 2.75) is 24.5 Å². The van der Waals surface area contributed by atoms with Crippen LogP contribution in [0.4, 0.5) is 0 Å². The van der Waals surface area contributed by atoms with E-state index in [2.05, 4.69) is 28.9 Å². The van der Waals surface area contributed by atoms with Crippen molar-refractivity contribution < 1.29 is 8.42 Å². The van der Waals surface area contributed by atoms with Crippen LogP contribution in [0.3, 0.4) is 0 Å². The molecule has 0 bridgehead atoms. The van der Waals surface area contributed by atoms with Gasteiger partial charge in [-0.15, -0.1) is 11.3 Å². The molecule has 0 aliphatic rings. The summed E-state index contributed by atoms with van der Waals surface area (Å²) in [6.45, 7) is 5.49. The molecule has 0 unspecified atom stereocenters. The Balaban J connectivity index is 2.30. The maximum atomic E-state index is 11.9. The molecular formula is C12H21ClN4O2S2. The predicted molar refractivity (Wildman–Crippen MR) is 88.5 cm³/mol. The standard InChI is InChI=1S/C12H21ClN4O2S2/c1-9(2)5-6-15-12(14)16-7-8-17-21(18,19)11-4-3-10(13)20-11/h3-4,9,17H,5-8H2,1-2H3,(H3,14,15,16). The molecule has 6 nitrogen and oxygen atoms in total. The third-order valence-electron chi connectivity index (χ3n) is 2.53. The number of nitrogens with one attached hydrogen (secondary N) is 2. The molecule has 0 aliphatic carbocycles. The lowest BCUT2D eigenvalue weighted by molar-refractivity contribution is 0.582. The zero-order valence-corrected chi connectivity index (χ0v) is 14.5. The van der Waals surface area contributed by atoms with Crippen molar-refractivity contribution in [1.82, 2.24) is 10.0 Å². The van der Waals surface area contributed by atoms with Crippen LogP contribution in [0.5, 0.6) is 0 Å². The van der Waals surface area contributed by atoms with Gasteiger partial charge < -0.3 is 11.1 Å². The maximum Gasteiger partial charge on any atom is 0.250 e. The van der Waals surface area contributed by atoms with Crippen molar-refractivity contribution in [3.05, 3.63) is 16.5 Å². The maximum absolute atomic E-state index is 11.9. The number of nitrogens with two attached hydrogens (primary N) is 1. The van der Waals surface area contributed by atoms with Crippen LogP contribution in [-0.4, -0.2) is 34.0 Å². The molecule has 120 valence electrons. The van der Waals surface area contributed by atoms with Gasteiger partial charge in [0.1, 0.15) is 4.21 Å². The smallest absolute Gasteiger partial charge is 0.250 e. The van der Waals surface area contributed by atoms with E-state index in [1.807, 2.05) is 0 Å². The van der Waals surface area contributed by atoms with E-state index in [-0.39, 0.29) is 10.8 Å². The van der Waals surface area contributed by atoms with Gasteiger partial charge in [-0.25, -0.2) is 13.1 Å². The lowest BCUT2D eigenvalue weighted by atomic mass is 10.1. The number of thiophene rings is 1. The molecule has 1 rings (SSSR count). The second-order valence-corrected chi connectivity index (χ2v) is 8.54. The minimum Gasteiger partial charge on any atom is -0.370 e. The van der Waals surface area contributed by atoms with Gasteiger partial charge in [-0.05, 0) is 24.5 Å². The lowest BCUT2D eigenvalue weighted by Gasteiger charge is -2.07. The van der Waals surface area contributed by atoms with Crippen molar-refractivity contribution in [3.63, 3.8) is 0 Å². The summed E-state index contributed by atoms with van der Waals surface area (Å²) < 4.78 is 26.9. The number of sulfonamides is 1. The van der Waals surface area contributed by atoms with E-state index in [1.54, 1.807) is 6.07 Å². The average molecular weight is 353 g/mol. The van der Waals surface area contributed by atoms with E-state index < -0.39 is 10.0 Å². The van der Waals surface area contributed by atoms with Crippen molar-refractivity contribution in [1.29, 1.82) is 0 Å².